The van der Waals surface area contributed by atoms with Crippen LogP contribution in [0.2, 0.25) is 0 Å². The molecule has 8 heteroatoms. The molecule has 1 saturated heterocycles. The Balaban J connectivity index is 1.80. The van der Waals surface area contributed by atoms with Gasteiger partial charge in [0.25, 0.3) is 0 Å². The number of carbonyl (C=O) groups excluding carboxylic acids is 1. The Hall–Kier alpha value is -2.32. The van der Waals surface area contributed by atoms with E-state index in [0.29, 0.717) is 36.6 Å². The van der Waals surface area contributed by atoms with Crippen molar-refractivity contribution in [2.24, 2.45) is 5.92 Å². The first-order valence-corrected chi connectivity index (χ1v) is 10.9. The number of piperidine rings is 1. The average molecular weight is 422 g/mol. The number of hydrogen-bond donors (Lipinski definition) is 1. The molecule has 0 aliphatic carbocycles. The zero-order valence-corrected chi connectivity index (χ0v) is 17.4. The third-order valence-electron chi connectivity index (χ3n) is 5.15. The molecule has 0 spiro atoms. The molecule has 2 aromatic carbocycles. The van der Waals surface area contributed by atoms with Gasteiger partial charge < -0.3 is 5.32 Å². The summed E-state index contributed by atoms with van der Waals surface area (Å²) in [6.07, 6.45) is 1.01. The maximum atomic E-state index is 13.8. The third-order valence-corrected chi connectivity index (χ3v) is 7.32. The van der Waals surface area contributed by atoms with Crippen LogP contribution in [0, 0.1) is 38.3 Å². The zero-order chi connectivity index (χ0) is 21.3. The number of aryl methyl sites for hydroxylation is 3. The van der Waals surface area contributed by atoms with E-state index < -0.39 is 33.5 Å². The number of hydrogen-bond acceptors (Lipinski definition) is 3. The van der Waals surface area contributed by atoms with E-state index in [0.717, 1.165) is 17.7 Å². The fourth-order valence-electron chi connectivity index (χ4n) is 3.90. The number of benzene rings is 2. The van der Waals surface area contributed by atoms with E-state index in [2.05, 4.69) is 5.32 Å². The number of sulfonamides is 1. The van der Waals surface area contributed by atoms with Crippen LogP contribution in [0.3, 0.4) is 0 Å². The summed E-state index contributed by atoms with van der Waals surface area (Å²) < 4.78 is 54.7. The van der Waals surface area contributed by atoms with Gasteiger partial charge in [0.05, 0.1) is 16.5 Å². The molecule has 156 valence electrons. The van der Waals surface area contributed by atoms with Crippen molar-refractivity contribution < 1.29 is 22.0 Å². The average Bonchev–Trinajstić information content (AvgIpc) is 2.63. The van der Waals surface area contributed by atoms with E-state index in [1.807, 2.05) is 19.1 Å². The number of nitrogens with zero attached hydrogens (tertiary/aromatic N) is 1. The second kappa shape index (κ2) is 8.20. The molecule has 0 saturated carbocycles. The molecule has 0 bridgehead atoms. The standard InChI is InChI=1S/C21H24F2N2O3S/c1-13-9-14(2)20(15(3)10-13)29(27,28)25-8-4-5-16(12-25)21(26)24-19-7-6-17(22)11-18(19)23/h6-7,9-11,16H,4-5,8,12H2,1-3H3,(H,24,26)/t16-/m1/s1. The summed E-state index contributed by atoms with van der Waals surface area (Å²) in [7, 11) is -3.76. The smallest absolute Gasteiger partial charge is 0.243 e. The highest BCUT2D eigenvalue weighted by Gasteiger charge is 2.35. The molecule has 1 aliphatic rings. The highest BCUT2D eigenvalue weighted by molar-refractivity contribution is 7.89. The largest absolute Gasteiger partial charge is 0.323 e. The van der Waals surface area contributed by atoms with Crippen LogP contribution in [0.5, 0.6) is 0 Å². The van der Waals surface area contributed by atoms with Gasteiger partial charge in [-0.25, -0.2) is 17.2 Å². The molecule has 2 aromatic rings. The minimum Gasteiger partial charge on any atom is -0.323 e. The van der Waals surface area contributed by atoms with Crippen LogP contribution in [-0.2, 0) is 14.8 Å². The predicted octanol–water partition coefficient (Wildman–Crippen LogP) is 3.93. The Bertz CT molecular complexity index is 1030. The summed E-state index contributed by atoms with van der Waals surface area (Å²) in [5.41, 5.74) is 2.20. The SMILES string of the molecule is Cc1cc(C)c(S(=O)(=O)N2CCC[C@@H](C(=O)Nc3ccc(F)cc3F)C2)c(C)c1. The van der Waals surface area contributed by atoms with Crippen LogP contribution < -0.4 is 5.32 Å². The minimum atomic E-state index is -3.76. The fourth-order valence-corrected chi connectivity index (χ4v) is 5.84. The number of halogens is 2. The number of amides is 1. The number of rotatable bonds is 4. The summed E-state index contributed by atoms with van der Waals surface area (Å²) in [4.78, 5) is 12.9. The van der Waals surface area contributed by atoms with Gasteiger partial charge in [0.15, 0.2) is 0 Å². The van der Waals surface area contributed by atoms with E-state index in [9.17, 15) is 22.0 Å². The minimum absolute atomic E-state index is 0.0176. The molecule has 29 heavy (non-hydrogen) atoms. The zero-order valence-electron chi connectivity index (χ0n) is 16.6. The Morgan fingerprint density at radius 2 is 1.76 bits per heavy atom. The van der Waals surface area contributed by atoms with E-state index in [-0.39, 0.29) is 17.1 Å². The maximum absolute atomic E-state index is 13.8. The van der Waals surface area contributed by atoms with E-state index >= 15 is 0 Å². The topological polar surface area (TPSA) is 66.5 Å². The molecule has 0 aromatic heterocycles. The molecular weight excluding hydrogens is 398 g/mol. The molecule has 1 amide bonds. The molecular formula is C21H24F2N2O3S. The molecule has 1 atom stereocenters. The van der Waals surface area contributed by atoms with Crippen molar-refractivity contribution in [1.29, 1.82) is 0 Å². The number of nitrogens with one attached hydrogen (secondary N) is 1. The summed E-state index contributed by atoms with van der Waals surface area (Å²) in [6.45, 7) is 5.77. The van der Waals surface area contributed by atoms with Crippen molar-refractivity contribution in [2.75, 3.05) is 18.4 Å². The Labute approximate surface area is 169 Å². The molecule has 0 radical (unpaired) electrons. The second-order valence-electron chi connectivity index (χ2n) is 7.54. The van der Waals surface area contributed by atoms with Crippen molar-refractivity contribution >= 4 is 21.6 Å². The van der Waals surface area contributed by atoms with Crippen LogP contribution in [0.4, 0.5) is 14.5 Å². The highest BCUT2D eigenvalue weighted by Crippen LogP contribution is 2.29. The van der Waals surface area contributed by atoms with Crippen molar-refractivity contribution in [1.82, 2.24) is 4.31 Å². The predicted molar refractivity (Wildman–Crippen MR) is 107 cm³/mol. The Kier molecular flexibility index (Phi) is 6.05. The lowest BCUT2D eigenvalue weighted by molar-refractivity contribution is -0.120. The first-order valence-electron chi connectivity index (χ1n) is 9.43. The van der Waals surface area contributed by atoms with Crippen molar-refractivity contribution in [3.63, 3.8) is 0 Å². The highest BCUT2D eigenvalue weighted by atomic mass is 32.2. The molecule has 0 unspecified atom stereocenters. The summed E-state index contributed by atoms with van der Waals surface area (Å²) in [5, 5.41) is 2.45. The molecule has 5 nitrogen and oxygen atoms in total. The molecule has 1 fully saturated rings. The Morgan fingerprint density at radius 1 is 1.10 bits per heavy atom. The summed E-state index contributed by atoms with van der Waals surface area (Å²) >= 11 is 0. The van der Waals surface area contributed by atoms with Gasteiger partial charge >= 0.3 is 0 Å². The Morgan fingerprint density at radius 3 is 2.38 bits per heavy atom. The van der Waals surface area contributed by atoms with E-state index in [1.165, 1.54) is 4.31 Å². The maximum Gasteiger partial charge on any atom is 0.243 e. The quantitative estimate of drug-likeness (QED) is 0.812. The monoisotopic (exact) mass is 422 g/mol. The van der Waals surface area contributed by atoms with Crippen LogP contribution in [0.1, 0.15) is 29.5 Å². The summed E-state index contributed by atoms with van der Waals surface area (Å²) in [5.74, 6) is -2.70. The van der Waals surface area contributed by atoms with Gasteiger partial charge in [0.1, 0.15) is 11.6 Å². The first-order chi connectivity index (χ1) is 13.6. The molecule has 3 rings (SSSR count). The molecule has 1 heterocycles. The van der Waals surface area contributed by atoms with Crippen molar-refractivity contribution in [3.8, 4) is 0 Å². The van der Waals surface area contributed by atoms with Crippen LogP contribution in [-0.4, -0.2) is 31.7 Å². The normalized spacial score (nSPS) is 17.9. The van der Waals surface area contributed by atoms with Gasteiger partial charge in [0.2, 0.25) is 15.9 Å². The van der Waals surface area contributed by atoms with Gasteiger partial charge in [-0.15, -0.1) is 0 Å². The van der Waals surface area contributed by atoms with Gasteiger partial charge in [0, 0.05) is 19.2 Å². The molecule has 1 aliphatic heterocycles. The lowest BCUT2D eigenvalue weighted by Gasteiger charge is -2.32. The lowest BCUT2D eigenvalue weighted by atomic mass is 9.98. The van der Waals surface area contributed by atoms with Gasteiger partial charge in [-0.05, 0) is 56.9 Å². The third kappa shape index (κ3) is 4.48. The van der Waals surface area contributed by atoms with Crippen LogP contribution in [0.15, 0.2) is 35.2 Å². The van der Waals surface area contributed by atoms with Gasteiger partial charge in [-0.2, -0.15) is 4.31 Å². The van der Waals surface area contributed by atoms with Gasteiger partial charge in [-0.3, -0.25) is 4.79 Å². The summed E-state index contributed by atoms with van der Waals surface area (Å²) in [6, 6.07) is 6.55. The van der Waals surface area contributed by atoms with Crippen LogP contribution >= 0.6 is 0 Å². The second-order valence-corrected chi connectivity index (χ2v) is 9.42. The van der Waals surface area contributed by atoms with Crippen molar-refractivity contribution in [2.45, 2.75) is 38.5 Å². The van der Waals surface area contributed by atoms with Crippen molar-refractivity contribution in [3.05, 3.63) is 58.7 Å². The lowest BCUT2D eigenvalue weighted by Crippen LogP contribution is -2.44. The van der Waals surface area contributed by atoms with E-state index in [1.54, 1.807) is 13.8 Å². The number of anilines is 1. The van der Waals surface area contributed by atoms with E-state index in [4.69, 9.17) is 0 Å². The first kappa shape index (κ1) is 21.4. The molecule has 1 N–H and O–H groups in total. The van der Waals surface area contributed by atoms with Crippen LogP contribution in [0.25, 0.3) is 0 Å². The van der Waals surface area contributed by atoms with Gasteiger partial charge in [-0.1, -0.05) is 17.7 Å². The number of carbonyl (C=O) groups is 1. The fraction of sp³-hybridized carbons (Fsp3) is 0.381.